The Hall–Kier alpha value is -1.60. The number of aryl methyl sites for hydroxylation is 2. The second kappa shape index (κ2) is 8.67. The average molecular weight is 368 g/mol. The van der Waals surface area contributed by atoms with Crippen LogP contribution in [-0.4, -0.2) is 33.5 Å². The molecule has 1 aromatic carbocycles. The number of carbonyl (C=O) groups excluding carboxylic acids is 1. The molecule has 0 radical (unpaired) electrons. The van der Waals surface area contributed by atoms with Gasteiger partial charge in [-0.1, -0.05) is 19.3 Å². The Kier molecular flexibility index (Phi) is 6.84. The van der Waals surface area contributed by atoms with Gasteiger partial charge in [-0.3, -0.25) is 4.79 Å². The largest absolute Gasteiger partial charge is 0.494 e. The summed E-state index contributed by atoms with van der Waals surface area (Å²) in [6.45, 7) is 5.68. The number of hydrogen-bond donors (Lipinski definition) is 2. The Morgan fingerprint density at radius 2 is 1.84 bits per heavy atom. The van der Waals surface area contributed by atoms with Crippen LogP contribution >= 0.6 is 0 Å². The summed E-state index contributed by atoms with van der Waals surface area (Å²) in [4.78, 5) is 12.2. The van der Waals surface area contributed by atoms with Crippen molar-refractivity contribution >= 4 is 15.9 Å². The lowest BCUT2D eigenvalue weighted by atomic mass is 9.95. The van der Waals surface area contributed by atoms with E-state index < -0.39 is 10.0 Å². The molecule has 2 N–H and O–H groups in total. The van der Waals surface area contributed by atoms with Crippen LogP contribution in [0.25, 0.3) is 0 Å². The van der Waals surface area contributed by atoms with E-state index in [1.165, 1.54) is 6.42 Å². The lowest BCUT2D eigenvalue weighted by molar-refractivity contribution is -0.120. The van der Waals surface area contributed by atoms with Crippen molar-refractivity contribution in [2.45, 2.75) is 63.8 Å². The first-order valence-corrected chi connectivity index (χ1v) is 10.3. The van der Waals surface area contributed by atoms with Crippen molar-refractivity contribution < 1.29 is 17.9 Å². The molecule has 0 bridgehead atoms. The monoisotopic (exact) mass is 368 g/mol. The van der Waals surface area contributed by atoms with Gasteiger partial charge in [-0.15, -0.1) is 0 Å². The van der Waals surface area contributed by atoms with Gasteiger partial charge in [-0.25, -0.2) is 13.1 Å². The number of rotatable bonds is 7. The molecule has 0 aliphatic heterocycles. The minimum Gasteiger partial charge on any atom is -0.494 e. The molecule has 140 valence electrons. The molecular formula is C18H28N2O4S. The second-order valence-electron chi connectivity index (χ2n) is 6.54. The summed E-state index contributed by atoms with van der Waals surface area (Å²) in [5.74, 6) is 0.393. The predicted octanol–water partition coefficient (Wildman–Crippen LogP) is 2.43. The fourth-order valence-electron chi connectivity index (χ4n) is 3.13. The van der Waals surface area contributed by atoms with E-state index in [4.69, 9.17) is 4.74 Å². The summed E-state index contributed by atoms with van der Waals surface area (Å²) in [6.07, 6.45) is 5.36. The van der Waals surface area contributed by atoms with E-state index in [9.17, 15) is 13.2 Å². The summed E-state index contributed by atoms with van der Waals surface area (Å²) < 4.78 is 33.0. The second-order valence-corrected chi connectivity index (χ2v) is 8.28. The zero-order chi connectivity index (χ0) is 18.4. The van der Waals surface area contributed by atoms with Crippen molar-refractivity contribution in [1.82, 2.24) is 10.0 Å². The van der Waals surface area contributed by atoms with Gasteiger partial charge in [0.05, 0.1) is 18.0 Å². The third kappa shape index (κ3) is 5.44. The van der Waals surface area contributed by atoms with Crippen LogP contribution in [0, 0.1) is 13.8 Å². The van der Waals surface area contributed by atoms with Gasteiger partial charge in [0.2, 0.25) is 15.9 Å². The van der Waals surface area contributed by atoms with E-state index >= 15 is 0 Å². The molecule has 1 amide bonds. The summed E-state index contributed by atoms with van der Waals surface area (Å²) in [7, 11) is -3.75. The zero-order valence-electron chi connectivity index (χ0n) is 15.2. The van der Waals surface area contributed by atoms with E-state index in [1.807, 2.05) is 6.92 Å². The molecule has 1 saturated carbocycles. The highest BCUT2D eigenvalue weighted by Crippen LogP contribution is 2.25. The Labute approximate surface area is 150 Å². The molecule has 0 spiro atoms. The van der Waals surface area contributed by atoms with Crippen LogP contribution < -0.4 is 14.8 Å². The van der Waals surface area contributed by atoms with Crippen molar-refractivity contribution in [3.63, 3.8) is 0 Å². The zero-order valence-corrected chi connectivity index (χ0v) is 16.0. The molecule has 6 nitrogen and oxygen atoms in total. The standard InChI is InChI=1S/C18H28N2O4S/c1-4-24-16-10-14(3)17(11-13(16)2)25(22,23)19-12-18(21)20-15-8-6-5-7-9-15/h10-11,15,19H,4-9,12H2,1-3H3,(H,20,21). The minimum absolute atomic E-state index is 0.167. The summed E-state index contributed by atoms with van der Waals surface area (Å²) in [5.41, 5.74) is 1.34. The van der Waals surface area contributed by atoms with Crippen molar-refractivity contribution in [2.75, 3.05) is 13.2 Å². The highest BCUT2D eigenvalue weighted by molar-refractivity contribution is 7.89. The summed E-state index contributed by atoms with van der Waals surface area (Å²) in [6, 6.07) is 3.47. The molecule has 1 aliphatic carbocycles. The fraction of sp³-hybridized carbons (Fsp3) is 0.611. The summed E-state index contributed by atoms with van der Waals surface area (Å²) >= 11 is 0. The number of amides is 1. The molecule has 0 heterocycles. The van der Waals surface area contributed by atoms with E-state index in [0.717, 1.165) is 31.2 Å². The van der Waals surface area contributed by atoms with Crippen LogP contribution in [0.5, 0.6) is 5.75 Å². The van der Waals surface area contributed by atoms with Gasteiger partial charge < -0.3 is 10.1 Å². The van der Waals surface area contributed by atoms with Gasteiger partial charge in [0.25, 0.3) is 0 Å². The molecule has 1 aromatic rings. The van der Waals surface area contributed by atoms with Crippen LogP contribution in [0.15, 0.2) is 17.0 Å². The molecule has 2 rings (SSSR count). The molecule has 25 heavy (non-hydrogen) atoms. The number of sulfonamides is 1. The van der Waals surface area contributed by atoms with Gasteiger partial charge in [-0.05, 0) is 56.9 Å². The quantitative estimate of drug-likeness (QED) is 0.774. The van der Waals surface area contributed by atoms with Gasteiger partial charge in [-0.2, -0.15) is 0 Å². The maximum absolute atomic E-state index is 12.5. The van der Waals surface area contributed by atoms with E-state index in [1.54, 1.807) is 26.0 Å². The molecule has 0 atom stereocenters. The van der Waals surface area contributed by atoms with Crippen molar-refractivity contribution in [3.8, 4) is 5.75 Å². The number of benzene rings is 1. The number of hydrogen-bond acceptors (Lipinski definition) is 4. The normalized spacial score (nSPS) is 15.8. The van der Waals surface area contributed by atoms with Crippen LogP contribution in [0.1, 0.15) is 50.2 Å². The van der Waals surface area contributed by atoms with Gasteiger partial charge in [0.1, 0.15) is 5.75 Å². The van der Waals surface area contributed by atoms with Crippen LogP contribution in [-0.2, 0) is 14.8 Å². The third-order valence-electron chi connectivity index (χ3n) is 4.45. The smallest absolute Gasteiger partial charge is 0.241 e. The molecular weight excluding hydrogens is 340 g/mol. The van der Waals surface area contributed by atoms with Crippen LogP contribution in [0.4, 0.5) is 0 Å². The van der Waals surface area contributed by atoms with Crippen molar-refractivity contribution in [2.24, 2.45) is 0 Å². The van der Waals surface area contributed by atoms with E-state index in [-0.39, 0.29) is 23.4 Å². The van der Waals surface area contributed by atoms with Crippen LogP contribution in [0.2, 0.25) is 0 Å². The molecule has 0 saturated heterocycles. The van der Waals surface area contributed by atoms with Crippen molar-refractivity contribution in [1.29, 1.82) is 0 Å². The Balaban J connectivity index is 2.01. The first kappa shape index (κ1) is 19.7. The summed E-state index contributed by atoms with van der Waals surface area (Å²) in [5, 5.41) is 2.91. The first-order valence-electron chi connectivity index (χ1n) is 8.86. The highest BCUT2D eigenvalue weighted by Gasteiger charge is 2.21. The van der Waals surface area contributed by atoms with E-state index in [0.29, 0.717) is 17.9 Å². The molecule has 1 fully saturated rings. The molecule has 7 heteroatoms. The van der Waals surface area contributed by atoms with Gasteiger partial charge >= 0.3 is 0 Å². The maximum atomic E-state index is 12.5. The maximum Gasteiger partial charge on any atom is 0.241 e. The third-order valence-corrected chi connectivity index (χ3v) is 6.00. The topological polar surface area (TPSA) is 84.5 Å². The number of nitrogens with one attached hydrogen (secondary N) is 2. The lowest BCUT2D eigenvalue weighted by Gasteiger charge is -2.22. The highest BCUT2D eigenvalue weighted by atomic mass is 32.2. The van der Waals surface area contributed by atoms with Crippen molar-refractivity contribution in [3.05, 3.63) is 23.3 Å². The Morgan fingerprint density at radius 3 is 2.48 bits per heavy atom. The Morgan fingerprint density at radius 1 is 1.16 bits per heavy atom. The predicted molar refractivity (Wildman–Crippen MR) is 97.3 cm³/mol. The SMILES string of the molecule is CCOc1cc(C)c(S(=O)(=O)NCC(=O)NC2CCCCC2)cc1C. The molecule has 0 unspecified atom stereocenters. The first-order chi connectivity index (χ1) is 11.8. The average Bonchev–Trinajstić information content (AvgIpc) is 2.57. The molecule has 0 aromatic heterocycles. The fourth-order valence-corrected chi connectivity index (χ4v) is 4.42. The van der Waals surface area contributed by atoms with E-state index in [2.05, 4.69) is 10.0 Å². The number of ether oxygens (including phenoxy) is 1. The Bertz CT molecular complexity index is 710. The number of carbonyl (C=O) groups is 1. The van der Waals surface area contributed by atoms with Gasteiger partial charge in [0, 0.05) is 6.04 Å². The van der Waals surface area contributed by atoms with Gasteiger partial charge in [0.15, 0.2) is 0 Å². The lowest BCUT2D eigenvalue weighted by Crippen LogP contribution is -2.42. The van der Waals surface area contributed by atoms with Crippen LogP contribution in [0.3, 0.4) is 0 Å². The minimum atomic E-state index is -3.75. The molecule has 1 aliphatic rings.